The van der Waals surface area contributed by atoms with E-state index in [2.05, 4.69) is 20.4 Å². The summed E-state index contributed by atoms with van der Waals surface area (Å²) in [5, 5.41) is 6.61. The highest BCUT2D eigenvalue weighted by molar-refractivity contribution is 5.94. The van der Waals surface area contributed by atoms with Gasteiger partial charge < -0.3 is 10.2 Å². The molecular weight excluding hydrogens is 342 g/mol. The summed E-state index contributed by atoms with van der Waals surface area (Å²) in [6.45, 7) is 0.897. The summed E-state index contributed by atoms with van der Waals surface area (Å²) in [4.78, 5) is 22.5. The Labute approximate surface area is 147 Å². The van der Waals surface area contributed by atoms with E-state index in [1.54, 1.807) is 29.2 Å². The van der Waals surface area contributed by atoms with E-state index in [-0.39, 0.29) is 17.5 Å². The van der Waals surface area contributed by atoms with Crippen LogP contribution in [0.5, 0.6) is 0 Å². The molecule has 4 rings (SSSR count). The molecule has 3 heterocycles. The van der Waals surface area contributed by atoms with Gasteiger partial charge in [-0.3, -0.25) is 4.79 Å². The van der Waals surface area contributed by atoms with Crippen molar-refractivity contribution in [3.8, 4) is 5.82 Å². The highest BCUT2D eigenvalue weighted by Crippen LogP contribution is 2.25. The lowest BCUT2D eigenvalue weighted by Gasteiger charge is -2.39. The number of nitrogens with one attached hydrogen (secondary N) is 1. The zero-order valence-electron chi connectivity index (χ0n) is 13.5. The first-order valence-electron chi connectivity index (χ1n) is 7.93. The monoisotopic (exact) mass is 356 g/mol. The van der Waals surface area contributed by atoms with Crippen molar-refractivity contribution in [1.82, 2.24) is 19.7 Å². The number of rotatable bonds is 4. The molecule has 26 heavy (non-hydrogen) atoms. The van der Waals surface area contributed by atoms with Crippen molar-refractivity contribution < 1.29 is 13.6 Å². The molecule has 132 valence electrons. The standard InChI is InChI=1S/C17H14F2N6O/c18-12-2-3-14(13(19)6-12)23-17(26)11-8-24(9-11)15-7-16(21-10-20-15)25-5-1-4-22-25/h1-7,10-11H,8-9H2,(H,23,26). The Morgan fingerprint density at radius 1 is 1.15 bits per heavy atom. The summed E-state index contributed by atoms with van der Waals surface area (Å²) >= 11 is 0. The zero-order valence-corrected chi connectivity index (χ0v) is 13.5. The number of carbonyl (C=O) groups is 1. The van der Waals surface area contributed by atoms with E-state index < -0.39 is 11.6 Å². The normalized spacial score (nSPS) is 14.2. The summed E-state index contributed by atoms with van der Waals surface area (Å²) in [6.07, 6.45) is 4.86. The maximum Gasteiger partial charge on any atom is 0.231 e. The van der Waals surface area contributed by atoms with Gasteiger partial charge >= 0.3 is 0 Å². The van der Waals surface area contributed by atoms with Gasteiger partial charge in [-0.25, -0.2) is 23.4 Å². The van der Waals surface area contributed by atoms with E-state index in [0.29, 0.717) is 24.7 Å². The van der Waals surface area contributed by atoms with Crippen molar-refractivity contribution in [2.75, 3.05) is 23.3 Å². The number of halogens is 2. The third-order valence-electron chi connectivity index (χ3n) is 4.14. The van der Waals surface area contributed by atoms with Gasteiger partial charge in [-0.1, -0.05) is 0 Å². The van der Waals surface area contributed by atoms with Crippen LogP contribution in [0.2, 0.25) is 0 Å². The van der Waals surface area contributed by atoms with Crippen LogP contribution in [0.25, 0.3) is 5.82 Å². The lowest BCUT2D eigenvalue weighted by atomic mass is 9.99. The number of nitrogens with zero attached hydrogens (tertiary/aromatic N) is 5. The molecule has 0 aliphatic carbocycles. The topological polar surface area (TPSA) is 75.9 Å². The van der Waals surface area contributed by atoms with Crippen LogP contribution in [0.4, 0.5) is 20.3 Å². The predicted octanol–water partition coefficient (Wildman–Crippen LogP) is 2.02. The molecule has 1 amide bonds. The minimum Gasteiger partial charge on any atom is -0.355 e. The van der Waals surface area contributed by atoms with Crippen molar-refractivity contribution in [3.63, 3.8) is 0 Å². The highest BCUT2D eigenvalue weighted by Gasteiger charge is 2.34. The Hall–Kier alpha value is -3.36. The molecule has 0 atom stereocenters. The van der Waals surface area contributed by atoms with Gasteiger partial charge in [0.2, 0.25) is 5.91 Å². The number of anilines is 2. The SMILES string of the molecule is O=C(Nc1ccc(F)cc1F)C1CN(c2cc(-n3cccn3)ncn2)C1. The minimum absolute atomic E-state index is 0.0298. The van der Waals surface area contributed by atoms with E-state index in [1.807, 2.05) is 4.90 Å². The fraction of sp³-hybridized carbons (Fsp3) is 0.176. The van der Waals surface area contributed by atoms with Crippen molar-refractivity contribution in [1.29, 1.82) is 0 Å². The zero-order chi connectivity index (χ0) is 18.1. The molecule has 1 saturated heterocycles. The van der Waals surface area contributed by atoms with Crippen LogP contribution in [-0.4, -0.2) is 38.7 Å². The molecule has 2 aromatic heterocycles. The van der Waals surface area contributed by atoms with Gasteiger partial charge in [0, 0.05) is 37.6 Å². The van der Waals surface area contributed by atoms with E-state index in [1.165, 1.54) is 12.4 Å². The van der Waals surface area contributed by atoms with Crippen LogP contribution in [0.1, 0.15) is 0 Å². The van der Waals surface area contributed by atoms with Gasteiger partial charge in [0.1, 0.15) is 23.8 Å². The maximum absolute atomic E-state index is 13.6. The first-order valence-corrected chi connectivity index (χ1v) is 7.93. The molecule has 0 unspecified atom stereocenters. The van der Waals surface area contributed by atoms with Crippen molar-refractivity contribution in [2.45, 2.75) is 0 Å². The number of hydrogen-bond acceptors (Lipinski definition) is 5. The number of carbonyl (C=O) groups excluding carboxylic acids is 1. The molecule has 1 N–H and O–H groups in total. The van der Waals surface area contributed by atoms with Crippen LogP contribution >= 0.6 is 0 Å². The molecular formula is C17H14F2N6O. The van der Waals surface area contributed by atoms with E-state index in [9.17, 15) is 13.6 Å². The maximum atomic E-state index is 13.6. The van der Waals surface area contributed by atoms with Crippen molar-refractivity contribution in [2.24, 2.45) is 5.92 Å². The molecule has 1 aromatic carbocycles. The summed E-state index contributed by atoms with van der Waals surface area (Å²) in [7, 11) is 0. The Bertz CT molecular complexity index is 940. The molecule has 0 bridgehead atoms. The average Bonchev–Trinajstić information content (AvgIpc) is 3.11. The number of amides is 1. The smallest absolute Gasteiger partial charge is 0.231 e. The minimum atomic E-state index is -0.797. The fourth-order valence-corrected chi connectivity index (χ4v) is 2.70. The Kier molecular flexibility index (Phi) is 4.04. The third-order valence-corrected chi connectivity index (χ3v) is 4.14. The van der Waals surface area contributed by atoms with E-state index in [0.717, 1.165) is 12.1 Å². The van der Waals surface area contributed by atoms with E-state index >= 15 is 0 Å². The molecule has 9 heteroatoms. The molecule has 0 saturated carbocycles. The summed E-state index contributed by atoms with van der Waals surface area (Å²) < 4.78 is 28.2. The third kappa shape index (κ3) is 3.10. The molecule has 1 aliphatic heterocycles. The van der Waals surface area contributed by atoms with Gasteiger partial charge in [-0.05, 0) is 18.2 Å². The number of benzene rings is 1. The largest absolute Gasteiger partial charge is 0.355 e. The van der Waals surface area contributed by atoms with Gasteiger partial charge in [0.15, 0.2) is 5.82 Å². The molecule has 1 aliphatic rings. The average molecular weight is 356 g/mol. The first-order chi connectivity index (χ1) is 12.6. The van der Waals surface area contributed by atoms with E-state index in [4.69, 9.17) is 0 Å². The van der Waals surface area contributed by atoms with Crippen LogP contribution in [-0.2, 0) is 4.79 Å². The van der Waals surface area contributed by atoms with Gasteiger partial charge in [-0.15, -0.1) is 0 Å². The lowest BCUT2D eigenvalue weighted by molar-refractivity contribution is -0.120. The quantitative estimate of drug-likeness (QED) is 0.774. The predicted molar refractivity (Wildman–Crippen MR) is 89.8 cm³/mol. The summed E-state index contributed by atoms with van der Waals surface area (Å²) in [5.41, 5.74) is -0.0298. The number of aromatic nitrogens is 4. The molecule has 1 fully saturated rings. The highest BCUT2D eigenvalue weighted by atomic mass is 19.1. The molecule has 0 spiro atoms. The van der Waals surface area contributed by atoms with Gasteiger partial charge in [0.05, 0.1) is 11.6 Å². The second-order valence-corrected chi connectivity index (χ2v) is 5.90. The van der Waals surface area contributed by atoms with Crippen molar-refractivity contribution >= 4 is 17.4 Å². The molecule has 7 nitrogen and oxygen atoms in total. The Morgan fingerprint density at radius 3 is 2.69 bits per heavy atom. The summed E-state index contributed by atoms with van der Waals surface area (Å²) in [6, 6.07) is 6.62. The van der Waals surface area contributed by atoms with Crippen LogP contribution in [0.15, 0.2) is 49.1 Å². The summed E-state index contributed by atoms with van der Waals surface area (Å²) in [5.74, 6) is -0.791. The van der Waals surface area contributed by atoms with Gasteiger partial charge in [-0.2, -0.15) is 5.10 Å². The van der Waals surface area contributed by atoms with Crippen LogP contribution in [0, 0.1) is 17.6 Å². The Balaban J connectivity index is 1.39. The second kappa shape index (κ2) is 6.51. The first kappa shape index (κ1) is 16.1. The fourth-order valence-electron chi connectivity index (χ4n) is 2.70. The number of hydrogen-bond donors (Lipinski definition) is 1. The lowest BCUT2D eigenvalue weighted by Crippen LogP contribution is -2.52. The van der Waals surface area contributed by atoms with Crippen LogP contribution < -0.4 is 10.2 Å². The van der Waals surface area contributed by atoms with Crippen LogP contribution in [0.3, 0.4) is 0 Å². The van der Waals surface area contributed by atoms with Gasteiger partial charge in [0.25, 0.3) is 0 Å². The second-order valence-electron chi connectivity index (χ2n) is 5.90. The molecule has 0 radical (unpaired) electrons. The molecule has 3 aromatic rings. The van der Waals surface area contributed by atoms with Crippen molar-refractivity contribution in [3.05, 3.63) is 60.7 Å². The Morgan fingerprint density at radius 2 is 1.96 bits per heavy atom.